The fourth-order valence-electron chi connectivity index (χ4n) is 12.2. The molecule has 326 valence electrons. The summed E-state index contributed by atoms with van der Waals surface area (Å²) in [4.78, 5) is 2.43. The van der Waals surface area contributed by atoms with Crippen LogP contribution < -0.4 is 4.90 Å². The number of para-hydroxylation sites is 4. The number of furan rings is 2. The van der Waals surface area contributed by atoms with E-state index in [1.807, 2.05) is 12.1 Å². The molecule has 13 aromatic rings. The number of hydrogen-bond acceptors (Lipinski definition) is 3. The normalized spacial score (nSPS) is 13.0. The average molecular weight is 892 g/mol. The van der Waals surface area contributed by atoms with Crippen LogP contribution in [0, 0.1) is 0 Å². The van der Waals surface area contributed by atoms with Crippen molar-refractivity contribution >= 4 is 60.9 Å². The van der Waals surface area contributed by atoms with Crippen molar-refractivity contribution in [3.05, 3.63) is 271 Å². The average Bonchev–Trinajstić information content (AvgIpc) is 4.17. The van der Waals surface area contributed by atoms with E-state index < -0.39 is 5.41 Å². The van der Waals surface area contributed by atoms with Gasteiger partial charge in [-0.1, -0.05) is 200 Å². The Hall–Kier alpha value is -9.18. The molecule has 0 saturated carbocycles. The van der Waals surface area contributed by atoms with Crippen molar-refractivity contribution < 1.29 is 8.83 Å². The zero-order valence-corrected chi connectivity index (χ0v) is 37.9. The molecule has 15 rings (SSSR count). The SMILES string of the molecule is c1ccc(-c2ccc(N(c3ccc(-c4cccc5c4oc4ccccc45)cc3)c3ccccc3-c3c4c(cc5c3oc3ccccc35)-c3ccccc3C43c4ccccc4-c4ccccc43)cc2)cc1. The van der Waals surface area contributed by atoms with E-state index in [1.54, 1.807) is 0 Å². The number of nitrogens with zero attached hydrogens (tertiary/aromatic N) is 1. The van der Waals surface area contributed by atoms with Gasteiger partial charge in [0, 0.05) is 49.6 Å². The monoisotopic (exact) mass is 891 g/mol. The van der Waals surface area contributed by atoms with Gasteiger partial charge in [-0.3, -0.25) is 0 Å². The van der Waals surface area contributed by atoms with Crippen LogP contribution in [-0.4, -0.2) is 0 Å². The van der Waals surface area contributed by atoms with Crippen LogP contribution in [0.3, 0.4) is 0 Å². The minimum Gasteiger partial charge on any atom is -0.455 e. The van der Waals surface area contributed by atoms with Crippen molar-refractivity contribution in [2.75, 3.05) is 4.90 Å². The molecule has 0 amide bonds. The molecular weight excluding hydrogens is 851 g/mol. The highest BCUT2D eigenvalue weighted by atomic mass is 16.3. The number of hydrogen-bond donors (Lipinski definition) is 0. The minimum atomic E-state index is -0.615. The first-order valence-corrected chi connectivity index (χ1v) is 24.1. The standard InChI is InChI=1S/C67H41NO2/c1-2-17-42(18-3-1)43-33-37-45(38-34-43)68(46-39-35-44(36-40-46)47-25-16-26-53-51-22-8-14-31-61(51)69-65(47)53)60-30-13-7-24-54(60)63-64-55(41-56-52-23-9-15-32-62(52)70-66(56)63)50-21-6-12-29-59(50)67(64)57-27-10-4-19-48(57)49-20-5-11-28-58(49)67/h1-41H. The third-order valence-corrected chi connectivity index (χ3v) is 15.1. The molecule has 0 saturated heterocycles. The predicted octanol–water partition coefficient (Wildman–Crippen LogP) is 18.3. The molecule has 70 heavy (non-hydrogen) atoms. The van der Waals surface area contributed by atoms with Gasteiger partial charge in [0.25, 0.3) is 0 Å². The van der Waals surface area contributed by atoms with Gasteiger partial charge in [-0.25, -0.2) is 0 Å². The third kappa shape index (κ3) is 5.40. The Morgan fingerprint density at radius 2 is 0.757 bits per heavy atom. The summed E-state index contributed by atoms with van der Waals surface area (Å²) < 4.78 is 13.8. The van der Waals surface area contributed by atoms with Crippen LogP contribution in [-0.2, 0) is 5.41 Å². The van der Waals surface area contributed by atoms with Crippen molar-refractivity contribution in [2.45, 2.75) is 5.41 Å². The van der Waals surface area contributed by atoms with Crippen LogP contribution in [0.5, 0.6) is 0 Å². The van der Waals surface area contributed by atoms with E-state index in [2.05, 4.69) is 241 Å². The van der Waals surface area contributed by atoms with E-state index in [9.17, 15) is 0 Å². The lowest BCUT2D eigenvalue weighted by molar-refractivity contribution is 0.668. The van der Waals surface area contributed by atoms with Gasteiger partial charge in [0.1, 0.15) is 22.3 Å². The zero-order chi connectivity index (χ0) is 45.9. The largest absolute Gasteiger partial charge is 0.455 e. The first kappa shape index (κ1) is 38.9. The second-order valence-corrected chi connectivity index (χ2v) is 18.6. The van der Waals surface area contributed by atoms with Crippen LogP contribution in [0.25, 0.3) is 99.5 Å². The predicted molar refractivity (Wildman–Crippen MR) is 288 cm³/mol. The number of anilines is 3. The summed E-state index contributed by atoms with van der Waals surface area (Å²) in [6.45, 7) is 0. The van der Waals surface area contributed by atoms with Crippen molar-refractivity contribution in [1.29, 1.82) is 0 Å². The van der Waals surface area contributed by atoms with Crippen LogP contribution in [0.4, 0.5) is 17.1 Å². The summed E-state index contributed by atoms with van der Waals surface area (Å²) in [5, 5.41) is 4.45. The smallest absolute Gasteiger partial charge is 0.143 e. The molecule has 2 aromatic heterocycles. The Morgan fingerprint density at radius 1 is 0.300 bits per heavy atom. The van der Waals surface area contributed by atoms with E-state index in [0.29, 0.717) is 0 Å². The molecule has 0 fully saturated rings. The van der Waals surface area contributed by atoms with Crippen molar-refractivity contribution in [3.63, 3.8) is 0 Å². The molecule has 0 radical (unpaired) electrons. The highest BCUT2D eigenvalue weighted by Crippen LogP contribution is 2.66. The molecule has 0 unspecified atom stereocenters. The van der Waals surface area contributed by atoms with Gasteiger partial charge in [-0.2, -0.15) is 0 Å². The van der Waals surface area contributed by atoms with E-state index in [4.69, 9.17) is 8.83 Å². The van der Waals surface area contributed by atoms with Gasteiger partial charge in [-0.15, -0.1) is 0 Å². The molecule has 0 atom stereocenters. The highest BCUT2D eigenvalue weighted by molar-refractivity contribution is 6.16. The molecule has 2 aliphatic carbocycles. The zero-order valence-electron chi connectivity index (χ0n) is 37.9. The second-order valence-electron chi connectivity index (χ2n) is 18.6. The van der Waals surface area contributed by atoms with Gasteiger partial charge in [0.15, 0.2) is 0 Å². The van der Waals surface area contributed by atoms with Crippen molar-refractivity contribution in [1.82, 2.24) is 0 Å². The molecule has 1 spiro atoms. The Bertz CT molecular complexity index is 4190. The molecule has 0 bridgehead atoms. The molecule has 0 N–H and O–H groups in total. The van der Waals surface area contributed by atoms with Crippen LogP contribution >= 0.6 is 0 Å². The number of fused-ring (bicyclic) bond motifs is 16. The Balaban J connectivity index is 1.01. The maximum absolute atomic E-state index is 7.25. The highest BCUT2D eigenvalue weighted by Gasteiger charge is 2.53. The number of rotatable bonds is 6. The van der Waals surface area contributed by atoms with E-state index in [1.165, 1.54) is 50.1 Å². The Labute approximate surface area is 404 Å². The topological polar surface area (TPSA) is 29.5 Å². The molecule has 3 nitrogen and oxygen atoms in total. The lowest BCUT2D eigenvalue weighted by Crippen LogP contribution is -2.27. The molecule has 3 heteroatoms. The summed E-state index contributed by atoms with van der Waals surface area (Å²) in [5.41, 5.74) is 22.9. The first-order valence-electron chi connectivity index (χ1n) is 24.1. The molecule has 2 aliphatic rings. The summed E-state index contributed by atoms with van der Waals surface area (Å²) in [6, 6.07) is 90.4. The first-order chi connectivity index (χ1) is 34.7. The quantitative estimate of drug-likeness (QED) is 0.167. The van der Waals surface area contributed by atoms with Crippen molar-refractivity contribution in [2.24, 2.45) is 0 Å². The lowest BCUT2D eigenvalue weighted by atomic mass is 9.68. The maximum Gasteiger partial charge on any atom is 0.143 e. The van der Waals surface area contributed by atoms with Gasteiger partial charge < -0.3 is 13.7 Å². The van der Waals surface area contributed by atoms with E-state index >= 15 is 0 Å². The molecular formula is C67H41NO2. The van der Waals surface area contributed by atoms with E-state index in [0.717, 1.165) is 88.8 Å². The van der Waals surface area contributed by atoms with Crippen LogP contribution in [0.2, 0.25) is 0 Å². The van der Waals surface area contributed by atoms with Gasteiger partial charge in [-0.05, 0) is 110 Å². The molecule has 0 aliphatic heterocycles. The Kier molecular flexibility index (Phi) is 8.28. The second kappa shape index (κ2) is 14.9. The summed E-state index contributed by atoms with van der Waals surface area (Å²) >= 11 is 0. The van der Waals surface area contributed by atoms with Crippen LogP contribution in [0.15, 0.2) is 258 Å². The Morgan fingerprint density at radius 3 is 1.40 bits per heavy atom. The van der Waals surface area contributed by atoms with Crippen molar-refractivity contribution in [3.8, 4) is 55.6 Å². The van der Waals surface area contributed by atoms with Gasteiger partial charge >= 0.3 is 0 Å². The third-order valence-electron chi connectivity index (χ3n) is 15.1. The summed E-state index contributed by atoms with van der Waals surface area (Å²) in [7, 11) is 0. The fourth-order valence-corrected chi connectivity index (χ4v) is 12.2. The number of benzene rings is 11. The molecule has 2 heterocycles. The summed E-state index contributed by atoms with van der Waals surface area (Å²) in [6.07, 6.45) is 0. The minimum absolute atomic E-state index is 0.615. The maximum atomic E-state index is 7.25. The van der Waals surface area contributed by atoms with E-state index in [-0.39, 0.29) is 0 Å². The van der Waals surface area contributed by atoms with Gasteiger partial charge in [0.2, 0.25) is 0 Å². The lowest BCUT2D eigenvalue weighted by Gasteiger charge is -2.33. The van der Waals surface area contributed by atoms with Gasteiger partial charge in [0.05, 0.1) is 11.1 Å². The fraction of sp³-hybridized carbons (Fsp3) is 0.0149. The molecule has 11 aromatic carbocycles. The van der Waals surface area contributed by atoms with Crippen LogP contribution in [0.1, 0.15) is 22.3 Å². The summed E-state index contributed by atoms with van der Waals surface area (Å²) in [5.74, 6) is 0.